The smallest absolute Gasteiger partial charge is 0.295 e. The number of carbonyl (C=O) groups excluding carboxylic acids is 2. The fourth-order valence-corrected chi connectivity index (χ4v) is 4.81. The van der Waals surface area contributed by atoms with Gasteiger partial charge in [-0.2, -0.15) is 0 Å². The van der Waals surface area contributed by atoms with Gasteiger partial charge in [-0.05, 0) is 44.5 Å². The van der Waals surface area contributed by atoms with Crippen LogP contribution in [0.25, 0.3) is 11.4 Å². The van der Waals surface area contributed by atoms with Gasteiger partial charge < -0.3 is 19.2 Å². The van der Waals surface area contributed by atoms with Crippen molar-refractivity contribution in [3.63, 3.8) is 0 Å². The number of amides is 1. The molecule has 2 saturated heterocycles. The van der Waals surface area contributed by atoms with Crippen LogP contribution in [0, 0.1) is 20.8 Å². The summed E-state index contributed by atoms with van der Waals surface area (Å²) in [6.07, 6.45) is 1.79. The van der Waals surface area contributed by atoms with Crippen LogP contribution in [0.15, 0.2) is 40.5 Å². The summed E-state index contributed by atoms with van der Waals surface area (Å²) in [6, 6.07) is 6.52. The largest absolute Gasteiger partial charge is 0.505 e. The van der Waals surface area contributed by atoms with Crippen LogP contribution in [0.4, 0.5) is 0 Å². The average Bonchev–Trinajstić information content (AvgIpc) is 3.47. The third-order valence-electron chi connectivity index (χ3n) is 6.58. The van der Waals surface area contributed by atoms with Crippen LogP contribution >= 0.6 is 0 Å². The average molecular weight is 465 g/mol. The van der Waals surface area contributed by atoms with Gasteiger partial charge in [-0.15, -0.1) is 0 Å². The lowest BCUT2D eigenvalue weighted by Crippen LogP contribution is -2.42. The van der Waals surface area contributed by atoms with E-state index in [1.165, 1.54) is 4.90 Å². The van der Waals surface area contributed by atoms with Crippen molar-refractivity contribution in [1.29, 1.82) is 0 Å². The summed E-state index contributed by atoms with van der Waals surface area (Å²) in [4.78, 5) is 34.8. The normalized spacial score (nSPS) is 21.1. The van der Waals surface area contributed by atoms with Crippen LogP contribution in [0.3, 0.4) is 0 Å². The summed E-state index contributed by atoms with van der Waals surface area (Å²) >= 11 is 0. The van der Waals surface area contributed by atoms with Crippen molar-refractivity contribution in [2.24, 2.45) is 0 Å². The Morgan fingerprint density at radius 1 is 1.12 bits per heavy atom. The van der Waals surface area contributed by atoms with Crippen LogP contribution in [-0.2, 0) is 14.3 Å². The number of hydrogen-bond donors (Lipinski definition) is 1. The van der Waals surface area contributed by atoms with Gasteiger partial charge in [0.05, 0.1) is 24.5 Å². The first-order valence-corrected chi connectivity index (χ1v) is 11.5. The molecule has 1 atom stereocenters. The minimum atomic E-state index is -0.815. The molecule has 3 aromatic rings. The molecule has 9 heteroatoms. The van der Waals surface area contributed by atoms with E-state index in [9.17, 15) is 14.7 Å². The molecule has 0 bridgehead atoms. The number of morpholine rings is 1. The van der Waals surface area contributed by atoms with E-state index >= 15 is 0 Å². The van der Waals surface area contributed by atoms with Crippen molar-refractivity contribution in [3.05, 3.63) is 64.5 Å². The molecule has 0 saturated carbocycles. The van der Waals surface area contributed by atoms with E-state index in [-0.39, 0.29) is 11.3 Å². The van der Waals surface area contributed by atoms with Gasteiger partial charge in [-0.1, -0.05) is 6.07 Å². The fraction of sp³-hybridized carbons (Fsp3) is 0.400. The number of pyridine rings is 1. The molecule has 0 aromatic carbocycles. The number of likely N-dealkylation sites (tertiary alicyclic amines) is 1. The Bertz CT molecular complexity index is 1300. The first-order chi connectivity index (χ1) is 16.4. The van der Waals surface area contributed by atoms with E-state index in [4.69, 9.17) is 9.15 Å². The van der Waals surface area contributed by atoms with Crippen molar-refractivity contribution in [2.45, 2.75) is 26.8 Å². The number of ketones is 1. The number of aryl methyl sites for hydroxylation is 3. The van der Waals surface area contributed by atoms with Crippen LogP contribution in [0.1, 0.15) is 34.5 Å². The highest BCUT2D eigenvalue weighted by molar-refractivity contribution is 6.46. The van der Waals surface area contributed by atoms with E-state index in [0.717, 1.165) is 18.7 Å². The highest BCUT2D eigenvalue weighted by atomic mass is 16.5. The zero-order chi connectivity index (χ0) is 24.0. The van der Waals surface area contributed by atoms with Gasteiger partial charge in [0.2, 0.25) is 0 Å². The Morgan fingerprint density at radius 2 is 1.88 bits per heavy atom. The second-order valence-corrected chi connectivity index (χ2v) is 8.83. The molecule has 9 nitrogen and oxygen atoms in total. The molecule has 2 aliphatic heterocycles. The van der Waals surface area contributed by atoms with Gasteiger partial charge in [0.1, 0.15) is 28.9 Å². The molecule has 5 rings (SSSR count). The number of nitrogens with zero attached hydrogens (tertiary/aromatic N) is 4. The number of ether oxygens (including phenoxy) is 1. The molecule has 0 spiro atoms. The van der Waals surface area contributed by atoms with Crippen molar-refractivity contribution < 1.29 is 23.8 Å². The summed E-state index contributed by atoms with van der Waals surface area (Å²) in [5.41, 5.74) is 2.62. The van der Waals surface area contributed by atoms with Crippen LogP contribution in [-0.4, -0.2) is 75.4 Å². The predicted molar refractivity (Wildman–Crippen MR) is 124 cm³/mol. The number of fused-ring (bicyclic) bond motifs is 1. The molecular weight excluding hydrogens is 436 g/mol. The first-order valence-electron chi connectivity index (χ1n) is 11.5. The minimum Gasteiger partial charge on any atom is -0.505 e. The molecule has 1 N–H and O–H groups in total. The maximum absolute atomic E-state index is 13.3. The maximum Gasteiger partial charge on any atom is 0.295 e. The lowest BCUT2D eigenvalue weighted by atomic mass is 10.0. The van der Waals surface area contributed by atoms with Gasteiger partial charge in [0, 0.05) is 32.4 Å². The molecule has 178 valence electrons. The maximum atomic E-state index is 13.3. The third-order valence-corrected chi connectivity index (χ3v) is 6.58. The number of Topliss-reactive ketones (excluding diaryl/α,β-unsaturated/α-hetero) is 1. The topological polar surface area (TPSA) is 101 Å². The van der Waals surface area contributed by atoms with Crippen molar-refractivity contribution >= 4 is 23.1 Å². The summed E-state index contributed by atoms with van der Waals surface area (Å²) in [5.74, 6) is -0.503. The number of imidazole rings is 1. The Balaban J connectivity index is 1.61. The fourth-order valence-electron chi connectivity index (χ4n) is 4.81. The number of carbonyl (C=O) groups is 2. The molecule has 3 aromatic heterocycles. The molecule has 5 heterocycles. The van der Waals surface area contributed by atoms with E-state index in [1.807, 2.05) is 19.1 Å². The molecule has 1 amide bonds. The van der Waals surface area contributed by atoms with Gasteiger partial charge in [0.15, 0.2) is 5.76 Å². The zero-order valence-electron chi connectivity index (χ0n) is 19.6. The second kappa shape index (κ2) is 8.73. The number of aliphatic hydroxyl groups excluding tert-OH is 1. The Labute approximate surface area is 197 Å². The van der Waals surface area contributed by atoms with Gasteiger partial charge >= 0.3 is 0 Å². The predicted octanol–water partition coefficient (Wildman–Crippen LogP) is 2.61. The summed E-state index contributed by atoms with van der Waals surface area (Å²) in [5, 5.41) is 11.5. The van der Waals surface area contributed by atoms with E-state index in [0.29, 0.717) is 54.9 Å². The quantitative estimate of drug-likeness (QED) is 0.352. The molecule has 2 fully saturated rings. The van der Waals surface area contributed by atoms with Gasteiger partial charge in [-0.25, -0.2) is 4.98 Å². The molecule has 0 radical (unpaired) electrons. The Kier molecular flexibility index (Phi) is 5.75. The Morgan fingerprint density at radius 3 is 2.59 bits per heavy atom. The SMILES string of the molecule is Cc1ccc(C2/C(=C(\O)c3c(C)nc4c(C)cccn34)C(=O)C(=O)N2CCN2CCOCC2)o1. The number of hydrogen-bond acceptors (Lipinski definition) is 7. The van der Waals surface area contributed by atoms with E-state index in [1.54, 1.807) is 36.6 Å². The third kappa shape index (κ3) is 3.70. The summed E-state index contributed by atoms with van der Waals surface area (Å²) in [7, 11) is 0. The Hall–Kier alpha value is -3.43. The van der Waals surface area contributed by atoms with E-state index in [2.05, 4.69) is 9.88 Å². The molecular formula is C25H28N4O5. The van der Waals surface area contributed by atoms with Crippen LogP contribution in [0.2, 0.25) is 0 Å². The summed E-state index contributed by atoms with van der Waals surface area (Å²) < 4.78 is 13.0. The number of rotatable bonds is 5. The van der Waals surface area contributed by atoms with Crippen molar-refractivity contribution in [3.8, 4) is 0 Å². The molecule has 0 aliphatic carbocycles. The summed E-state index contributed by atoms with van der Waals surface area (Å²) in [6.45, 7) is 9.28. The zero-order valence-corrected chi connectivity index (χ0v) is 19.6. The number of furan rings is 1. The van der Waals surface area contributed by atoms with Gasteiger partial charge in [0.25, 0.3) is 11.7 Å². The van der Waals surface area contributed by atoms with Crippen molar-refractivity contribution in [2.75, 3.05) is 39.4 Å². The highest BCUT2D eigenvalue weighted by Crippen LogP contribution is 2.40. The van der Waals surface area contributed by atoms with Crippen LogP contribution < -0.4 is 0 Å². The molecule has 2 aliphatic rings. The standard InChI is InChI=1S/C25H28N4O5/c1-15-5-4-8-28-20(17(3)26-24(15)28)22(30)19-21(18-7-6-16(2)34-18)29(25(32)23(19)31)10-9-27-11-13-33-14-12-27/h4-8,21,30H,9-14H2,1-3H3/b22-19+. The second-order valence-electron chi connectivity index (χ2n) is 8.83. The number of aliphatic hydroxyl groups is 1. The van der Waals surface area contributed by atoms with E-state index < -0.39 is 17.7 Å². The van der Waals surface area contributed by atoms with Gasteiger partial charge in [-0.3, -0.25) is 18.9 Å². The van der Waals surface area contributed by atoms with Crippen molar-refractivity contribution in [1.82, 2.24) is 19.2 Å². The number of aromatic nitrogens is 2. The monoisotopic (exact) mass is 464 g/mol. The van der Waals surface area contributed by atoms with Crippen LogP contribution in [0.5, 0.6) is 0 Å². The lowest BCUT2D eigenvalue weighted by molar-refractivity contribution is -0.140. The first kappa shape index (κ1) is 22.4. The lowest BCUT2D eigenvalue weighted by Gasteiger charge is -2.30. The molecule has 1 unspecified atom stereocenters. The highest BCUT2D eigenvalue weighted by Gasteiger charge is 2.48. The molecule has 34 heavy (non-hydrogen) atoms. The minimum absolute atomic E-state index is 0.0210.